The van der Waals surface area contributed by atoms with Gasteiger partial charge >= 0.3 is 0 Å². The average Bonchev–Trinajstić information content (AvgIpc) is 2.54. The zero-order valence-corrected chi connectivity index (χ0v) is 12.6. The summed E-state index contributed by atoms with van der Waals surface area (Å²) in [6, 6.07) is 0. The highest BCUT2D eigenvalue weighted by molar-refractivity contribution is 7.93. The smallest absolute Gasteiger partial charge is 0.221 e. The van der Waals surface area contributed by atoms with Gasteiger partial charge in [0, 0.05) is 6.54 Å². The van der Waals surface area contributed by atoms with Crippen LogP contribution in [0.1, 0.15) is 26.2 Å². The summed E-state index contributed by atoms with van der Waals surface area (Å²) in [7, 11) is -6.84. The molecule has 0 radical (unpaired) electrons. The molecule has 0 aromatic carbocycles. The van der Waals surface area contributed by atoms with Crippen molar-refractivity contribution in [2.75, 3.05) is 12.3 Å². The van der Waals surface area contributed by atoms with Gasteiger partial charge in [-0.05, 0) is 19.3 Å². The lowest BCUT2D eigenvalue weighted by Gasteiger charge is -2.17. The standard InChI is InChI=1S/C9H18N2O4S3/c1-2-8(9(10)16)18(14,15)11-6-7-4-3-5-17(7,12)13/h7-8,11H,2-6H2,1H3,(H2,10,16). The number of hydrogen-bond donors (Lipinski definition) is 2. The minimum Gasteiger partial charge on any atom is -0.392 e. The molecule has 2 atom stereocenters. The van der Waals surface area contributed by atoms with Crippen LogP contribution >= 0.6 is 12.2 Å². The van der Waals surface area contributed by atoms with Gasteiger partial charge in [-0.2, -0.15) is 0 Å². The van der Waals surface area contributed by atoms with Gasteiger partial charge in [-0.1, -0.05) is 19.1 Å². The lowest BCUT2D eigenvalue weighted by atomic mass is 10.2. The van der Waals surface area contributed by atoms with Gasteiger partial charge in [0.05, 0.1) is 16.0 Å². The molecule has 0 saturated carbocycles. The van der Waals surface area contributed by atoms with Gasteiger partial charge in [0.25, 0.3) is 0 Å². The molecule has 0 spiro atoms. The van der Waals surface area contributed by atoms with E-state index in [9.17, 15) is 16.8 Å². The molecule has 1 saturated heterocycles. The maximum Gasteiger partial charge on any atom is 0.221 e. The predicted molar refractivity (Wildman–Crippen MR) is 74.6 cm³/mol. The number of sulfone groups is 1. The maximum atomic E-state index is 11.9. The number of nitrogens with two attached hydrogens (primary N) is 1. The molecule has 1 fully saturated rings. The summed E-state index contributed by atoms with van der Waals surface area (Å²) in [6.07, 6.45) is 1.35. The molecule has 0 aliphatic carbocycles. The highest BCUT2D eigenvalue weighted by Gasteiger charge is 2.34. The molecular formula is C9H18N2O4S3. The number of nitrogens with one attached hydrogen (secondary N) is 1. The van der Waals surface area contributed by atoms with E-state index in [0.29, 0.717) is 12.8 Å². The summed E-state index contributed by atoms with van der Waals surface area (Å²) < 4.78 is 49.2. The molecular weight excluding hydrogens is 296 g/mol. The highest BCUT2D eigenvalue weighted by atomic mass is 32.2. The van der Waals surface area contributed by atoms with Crippen LogP contribution in [0.3, 0.4) is 0 Å². The maximum absolute atomic E-state index is 11.9. The molecule has 2 unspecified atom stereocenters. The molecule has 0 amide bonds. The fraction of sp³-hybridized carbons (Fsp3) is 0.889. The van der Waals surface area contributed by atoms with Crippen molar-refractivity contribution in [1.82, 2.24) is 4.72 Å². The van der Waals surface area contributed by atoms with Crippen molar-refractivity contribution >= 4 is 37.1 Å². The zero-order chi connectivity index (χ0) is 14.0. The molecule has 0 aromatic rings. The van der Waals surface area contributed by atoms with Crippen LogP contribution in [-0.2, 0) is 19.9 Å². The molecule has 1 aliphatic rings. The van der Waals surface area contributed by atoms with E-state index >= 15 is 0 Å². The van der Waals surface area contributed by atoms with Crippen LogP contribution in [0.15, 0.2) is 0 Å². The summed E-state index contributed by atoms with van der Waals surface area (Å²) in [5.41, 5.74) is 5.36. The van der Waals surface area contributed by atoms with E-state index in [0.717, 1.165) is 0 Å². The van der Waals surface area contributed by atoms with Crippen molar-refractivity contribution in [3.63, 3.8) is 0 Å². The largest absolute Gasteiger partial charge is 0.392 e. The Labute approximate surface area is 113 Å². The fourth-order valence-electron chi connectivity index (χ4n) is 1.97. The van der Waals surface area contributed by atoms with Gasteiger partial charge in [-0.3, -0.25) is 0 Å². The van der Waals surface area contributed by atoms with Crippen LogP contribution in [-0.4, -0.2) is 44.6 Å². The molecule has 0 bridgehead atoms. The zero-order valence-electron chi connectivity index (χ0n) is 10.1. The van der Waals surface area contributed by atoms with Gasteiger partial charge in [-0.15, -0.1) is 0 Å². The lowest BCUT2D eigenvalue weighted by molar-refractivity contribution is 0.566. The Bertz CT molecular complexity index is 512. The third kappa shape index (κ3) is 3.62. The molecule has 106 valence electrons. The van der Waals surface area contributed by atoms with Gasteiger partial charge in [0.2, 0.25) is 10.0 Å². The monoisotopic (exact) mass is 314 g/mol. The van der Waals surface area contributed by atoms with Crippen molar-refractivity contribution in [3.8, 4) is 0 Å². The van der Waals surface area contributed by atoms with Crippen LogP contribution in [0.4, 0.5) is 0 Å². The van der Waals surface area contributed by atoms with Crippen LogP contribution in [0.5, 0.6) is 0 Å². The van der Waals surface area contributed by atoms with E-state index in [1.807, 2.05) is 0 Å². The minimum absolute atomic E-state index is 0.0935. The Morgan fingerprint density at radius 3 is 2.56 bits per heavy atom. The average molecular weight is 314 g/mol. The second-order valence-electron chi connectivity index (χ2n) is 4.32. The molecule has 18 heavy (non-hydrogen) atoms. The number of sulfonamides is 1. The first-order valence-corrected chi connectivity index (χ1v) is 9.37. The van der Waals surface area contributed by atoms with Crippen LogP contribution < -0.4 is 10.5 Å². The fourth-order valence-corrected chi connectivity index (χ4v) is 5.77. The summed E-state index contributed by atoms with van der Waals surface area (Å²) in [5, 5.41) is -1.58. The quantitative estimate of drug-likeness (QED) is 0.643. The molecule has 6 nitrogen and oxygen atoms in total. The predicted octanol–water partition coefficient (Wildman–Crippen LogP) is -0.452. The van der Waals surface area contributed by atoms with Crippen molar-refractivity contribution in [3.05, 3.63) is 0 Å². The first-order valence-electron chi connectivity index (χ1n) is 5.70. The normalized spacial score (nSPS) is 24.8. The Morgan fingerprint density at radius 1 is 1.56 bits per heavy atom. The highest BCUT2D eigenvalue weighted by Crippen LogP contribution is 2.19. The second-order valence-corrected chi connectivity index (χ2v) is 9.14. The summed E-state index contributed by atoms with van der Waals surface area (Å²) in [6.45, 7) is 1.57. The SMILES string of the molecule is CCC(C(N)=S)S(=O)(=O)NCC1CCCS1(=O)=O. The van der Waals surface area contributed by atoms with Gasteiger partial charge in [-0.25, -0.2) is 21.6 Å². The Morgan fingerprint density at radius 2 is 2.17 bits per heavy atom. The molecule has 0 aromatic heterocycles. The Balaban J connectivity index is 2.71. The van der Waals surface area contributed by atoms with Crippen molar-refractivity contribution in [2.24, 2.45) is 5.73 Å². The van der Waals surface area contributed by atoms with E-state index in [-0.39, 0.29) is 23.7 Å². The van der Waals surface area contributed by atoms with E-state index in [4.69, 9.17) is 18.0 Å². The Kier molecular flexibility index (Phi) is 5.10. The van der Waals surface area contributed by atoms with E-state index in [2.05, 4.69) is 4.72 Å². The first-order chi connectivity index (χ1) is 8.20. The molecule has 1 aliphatic heterocycles. The van der Waals surface area contributed by atoms with Gasteiger partial charge in [0.1, 0.15) is 5.25 Å². The Hall–Kier alpha value is -0.250. The van der Waals surface area contributed by atoms with Crippen molar-refractivity contribution in [1.29, 1.82) is 0 Å². The van der Waals surface area contributed by atoms with Crippen LogP contribution in [0, 0.1) is 0 Å². The molecule has 3 N–H and O–H groups in total. The third-order valence-corrected chi connectivity index (χ3v) is 7.65. The van der Waals surface area contributed by atoms with Gasteiger partial charge < -0.3 is 5.73 Å². The summed E-state index contributed by atoms with van der Waals surface area (Å²) in [5.74, 6) is 0.131. The van der Waals surface area contributed by atoms with Crippen LogP contribution in [0.2, 0.25) is 0 Å². The topological polar surface area (TPSA) is 106 Å². The van der Waals surface area contributed by atoms with Crippen molar-refractivity contribution < 1.29 is 16.8 Å². The molecule has 1 rings (SSSR count). The summed E-state index contributed by atoms with van der Waals surface area (Å²) >= 11 is 4.70. The number of rotatable bonds is 6. The van der Waals surface area contributed by atoms with Crippen molar-refractivity contribution in [2.45, 2.75) is 36.7 Å². The minimum atomic E-state index is -3.69. The van der Waals surface area contributed by atoms with Gasteiger partial charge in [0.15, 0.2) is 9.84 Å². The van der Waals surface area contributed by atoms with E-state index in [1.165, 1.54) is 0 Å². The number of thiocarbonyl (C=S) groups is 1. The second kappa shape index (κ2) is 5.81. The lowest BCUT2D eigenvalue weighted by Crippen LogP contribution is -2.44. The van der Waals surface area contributed by atoms with E-state index < -0.39 is 30.4 Å². The van der Waals surface area contributed by atoms with Crippen LogP contribution in [0.25, 0.3) is 0 Å². The number of hydrogen-bond acceptors (Lipinski definition) is 5. The summed E-state index contributed by atoms with van der Waals surface area (Å²) in [4.78, 5) is -0.0979. The molecule has 9 heteroatoms. The van der Waals surface area contributed by atoms with E-state index in [1.54, 1.807) is 6.92 Å². The first kappa shape index (κ1) is 15.8. The molecule has 1 heterocycles. The third-order valence-electron chi connectivity index (χ3n) is 3.04.